The number of nitro groups is 1. The average Bonchev–Trinajstić information content (AvgIpc) is 2.94. The fraction of sp³-hybridized carbons (Fsp3) is 0.462. The van der Waals surface area contributed by atoms with Crippen molar-refractivity contribution < 1.29 is 14.8 Å². The van der Waals surface area contributed by atoms with Crippen molar-refractivity contribution in [3.63, 3.8) is 0 Å². The Labute approximate surface area is 116 Å². The smallest absolute Gasteiger partial charge is 0.293 e. The highest BCUT2D eigenvalue weighted by Gasteiger charge is 2.27. The summed E-state index contributed by atoms with van der Waals surface area (Å²) in [4.78, 5) is 24.4. The van der Waals surface area contributed by atoms with Gasteiger partial charge in [0.1, 0.15) is 5.69 Å². The lowest BCUT2D eigenvalue weighted by Gasteiger charge is -2.16. The van der Waals surface area contributed by atoms with Gasteiger partial charge < -0.3 is 15.3 Å². The molecule has 2 N–H and O–H groups in total. The van der Waals surface area contributed by atoms with Crippen LogP contribution in [-0.2, 0) is 0 Å². The number of aliphatic hydroxyl groups excluding tert-OH is 1. The molecule has 108 valence electrons. The largest absolute Gasteiger partial charge is 0.396 e. The van der Waals surface area contributed by atoms with Gasteiger partial charge in [0.15, 0.2) is 0 Å². The van der Waals surface area contributed by atoms with E-state index in [0.717, 1.165) is 6.42 Å². The minimum absolute atomic E-state index is 0.0582. The fourth-order valence-electron chi connectivity index (χ4n) is 2.38. The summed E-state index contributed by atoms with van der Waals surface area (Å²) >= 11 is 0. The van der Waals surface area contributed by atoms with Crippen LogP contribution >= 0.6 is 0 Å². The molecule has 2 rings (SSSR count). The van der Waals surface area contributed by atoms with Gasteiger partial charge in [-0.25, -0.2) is 0 Å². The third-order valence-electron chi connectivity index (χ3n) is 3.54. The quantitative estimate of drug-likeness (QED) is 0.635. The molecule has 1 atom stereocenters. The van der Waals surface area contributed by atoms with Crippen LogP contribution in [0.4, 0.5) is 11.4 Å². The zero-order valence-corrected chi connectivity index (χ0v) is 11.2. The monoisotopic (exact) mass is 279 g/mol. The lowest BCUT2D eigenvalue weighted by Crippen LogP contribution is -2.29. The molecular formula is C13H17N3O4. The Balaban J connectivity index is 2.23. The predicted octanol–water partition coefficient (Wildman–Crippen LogP) is 1.09. The Morgan fingerprint density at radius 2 is 2.35 bits per heavy atom. The molecule has 1 aliphatic heterocycles. The number of amides is 1. The molecule has 0 radical (unpaired) electrons. The molecule has 1 amide bonds. The van der Waals surface area contributed by atoms with Gasteiger partial charge in [0.25, 0.3) is 11.6 Å². The Hall–Kier alpha value is -2.15. The van der Waals surface area contributed by atoms with Crippen molar-refractivity contribution in [3.8, 4) is 0 Å². The van der Waals surface area contributed by atoms with Crippen molar-refractivity contribution in [2.24, 2.45) is 5.92 Å². The first kappa shape index (κ1) is 14.3. The molecule has 0 saturated carbocycles. The van der Waals surface area contributed by atoms with E-state index in [0.29, 0.717) is 24.3 Å². The van der Waals surface area contributed by atoms with E-state index in [1.54, 1.807) is 18.0 Å². The predicted molar refractivity (Wildman–Crippen MR) is 73.7 cm³/mol. The van der Waals surface area contributed by atoms with Crippen LogP contribution in [0, 0.1) is 16.0 Å². The van der Waals surface area contributed by atoms with Crippen molar-refractivity contribution in [1.82, 2.24) is 4.90 Å². The Morgan fingerprint density at radius 3 is 2.90 bits per heavy atom. The molecule has 1 saturated heterocycles. The zero-order chi connectivity index (χ0) is 14.7. The number of carbonyl (C=O) groups excluding carboxylic acids is 1. The molecule has 7 heteroatoms. The lowest BCUT2D eigenvalue weighted by atomic mass is 10.1. The normalized spacial score (nSPS) is 18.1. The fourth-order valence-corrected chi connectivity index (χ4v) is 2.38. The Kier molecular flexibility index (Phi) is 4.19. The second-order valence-corrected chi connectivity index (χ2v) is 4.83. The maximum atomic E-state index is 12.3. The van der Waals surface area contributed by atoms with E-state index in [4.69, 9.17) is 5.11 Å². The van der Waals surface area contributed by atoms with Crippen molar-refractivity contribution in [3.05, 3.63) is 33.9 Å². The molecule has 0 bridgehead atoms. The number of anilines is 1. The van der Waals surface area contributed by atoms with Gasteiger partial charge in [-0.05, 0) is 18.6 Å². The molecule has 1 aliphatic rings. The summed E-state index contributed by atoms with van der Waals surface area (Å²) in [6, 6.07) is 4.40. The van der Waals surface area contributed by atoms with Crippen molar-refractivity contribution >= 4 is 17.3 Å². The van der Waals surface area contributed by atoms with E-state index in [-0.39, 0.29) is 24.1 Å². The summed E-state index contributed by atoms with van der Waals surface area (Å²) in [5, 5.41) is 22.8. The summed E-state index contributed by atoms with van der Waals surface area (Å²) in [6.45, 7) is 1.13. The second kappa shape index (κ2) is 5.87. The molecule has 1 fully saturated rings. The molecule has 1 unspecified atom stereocenters. The molecule has 1 heterocycles. The van der Waals surface area contributed by atoms with Crippen molar-refractivity contribution in [2.75, 3.05) is 32.1 Å². The lowest BCUT2D eigenvalue weighted by molar-refractivity contribution is -0.384. The van der Waals surface area contributed by atoms with Crippen LogP contribution < -0.4 is 5.32 Å². The van der Waals surface area contributed by atoms with Gasteiger partial charge in [-0.2, -0.15) is 0 Å². The number of nitro benzene ring substituents is 1. The van der Waals surface area contributed by atoms with Crippen LogP contribution in [0.2, 0.25) is 0 Å². The van der Waals surface area contributed by atoms with Crippen LogP contribution in [0.25, 0.3) is 0 Å². The van der Waals surface area contributed by atoms with E-state index in [1.165, 1.54) is 12.1 Å². The standard InChI is InChI=1S/C13H17N3O4/c1-14-11-3-2-10(6-12(11)16(19)20)13(18)15-5-4-9(7-15)8-17/h2-3,6,9,14,17H,4-5,7-8H2,1H3. The molecule has 1 aromatic carbocycles. The van der Waals surface area contributed by atoms with E-state index in [2.05, 4.69) is 5.32 Å². The van der Waals surface area contributed by atoms with Gasteiger partial charge in [-0.3, -0.25) is 14.9 Å². The van der Waals surface area contributed by atoms with Gasteiger partial charge in [0.05, 0.1) is 4.92 Å². The van der Waals surface area contributed by atoms with Crippen molar-refractivity contribution in [2.45, 2.75) is 6.42 Å². The van der Waals surface area contributed by atoms with Gasteiger partial charge in [0, 0.05) is 44.3 Å². The Bertz CT molecular complexity index is 532. The van der Waals surface area contributed by atoms with E-state index in [1.807, 2.05) is 0 Å². The molecule has 7 nitrogen and oxygen atoms in total. The maximum Gasteiger partial charge on any atom is 0.293 e. The third kappa shape index (κ3) is 2.72. The van der Waals surface area contributed by atoms with Crippen molar-refractivity contribution in [1.29, 1.82) is 0 Å². The molecule has 0 aromatic heterocycles. The first-order valence-corrected chi connectivity index (χ1v) is 6.43. The van der Waals surface area contributed by atoms with Crippen LogP contribution in [0.1, 0.15) is 16.8 Å². The highest BCUT2D eigenvalue weighted by molar-refractivity contribution is 5.96. The van der Waals surface area contributed by atoms with E-state index in [9.17, 15) is 14.9 Å². The van der Waals surface area contributed by atoms with Crippen LogP contribution in [0.5, 0.6) is 0 Å². The maximum absolute atomic E-state index is 12.3. The minimum atomic E-state index is -0.511. The van der Waals surface area contributed by atoms with Crippen LogP contribution in [0.3, 0.4) is 0 Å². The van der Waals surface area contributed by atoms with Gasteiger partial charge >= 0.3 is 0 Å². The van der Waals surface area contributed by atoms with Gasteiger partial charge in [0.2, 0.25) is 0 Å². The highest BCUT2D eigenvalue weighted by atomic mass is 16.6. The van der Waals surface area contributed by atoms with Gasteiger partial charge in [-0.1, -0.05) is 0 Å². The summed E-state index contributed by atoms with van der Waals surface area (Å²) < 4.78 is 0. The highest BCUT2D eigenvalue weighted by Crippen LogP contribution is 2.26. The third-order valence-corrected chi connectivity index (χ3v) is 3.54. The Morgan fingerprint density at radius 1 is 1.60 bits per heavy atom. The molecule has 0 spiro atoms. The molecule has 0 aliphatic carbocycles. The summed E-state index contributed by atoms with van der Waals surface area (Å²) in [5.74, 6) is -0.128. The molecule has 1 aromatic rings. The number of hydrogen-bond donors (Lipinski definition) is 2. The topological polar surface area (TPSA) is 95.7 Å². The number of likely N-dealkylation sites (tertiary alicyclic amines) is 1. The summed E-state index contributed by atoms with van der Waals surface area (Å²) in [7, 11) is 1.59. The average molecular weight is 279 g/mol. The first-order valence-electron chi connectivity index (χ1n) is 6.43. The number of benzene rings is 1. The number of rotatable bonds is 4. The SMILES string of the molecule is CNc1ccc(C(=O)N2CCC(CO)C2)cc1[N+](=O)[O-]. The summed E-state index contributed by atoms with van der Waals surface area (Å²) in [5.41, 5.74) is 0.562. The minimum Gasteiger partial charge on any atom is -0.396 e. The number of carbonyl (C=O) groups is 1. The van der Waals surface area contributed by atoms with E-state index >= 15 is 0 Å². The summed E-state index contributed by atoms with van der Waals surface area (Å²) in [6.07, 6.45) is 0.763. The number of hydrogen-bond acceptors (Lipinski definition) is 5. The van der Waals surface area contributed by atoms with Gasteiger partial charge in [-0.15, -0.1) is 0 Å². The van der Waals surface area contributed by atoms with E-state index < -0.39 is 4.92 Å². The number of nitrogens with zero attached hydrogens (tertiary/aromatic N) is 2. The van der Waals surface area contributed by atoms with Crippen LogP contribution in [0.15, 0.2) is 18.2 Å². The van der Waals surface area contributed by atoms with Crippen LogP contribution in [-0.4, -0.2) is 47.6 Å². The zero-order valence-electron chi connectivity index (χ0n) is 11.2. The molecule has 20 heavy (non-hydrogen) atoms. The number of nitrogens with one attached hydrogen (secondary N) is 1. The first-order chi connectivity index (χ1) is 9.56. The number of aliphatic hydroxyl groups is 1. The molecular weight excluding hydrogens is 262 g/mol. The second-order valence-electron chi connectivity index (χ2n) is 4.83.